The number of carboxylic acid groups (broad SMARTS) is 1. The summed E-state index contributed by atoms with van der Waals surface area (Å²) in [5.74, 6) is -1.90. The largest absolute Gasteiger partial charge is 0.481 e. The van der Waals surface area contributed by atoms with Crippen molar-refractivity contribution < 1.29 is 19.4 Å². The van der Waals surface area contributed by atoms with E-state index < -0.39 is 17.9 Å². The van der Waals surface area contributed by atoms with E-state index in [1.165, 1.54) is 9.58 Å². The van der Waals surface area contributed by atoms with Gasteiger partial charge >= 0.3 is 5.97 Å². The Morgan fingerprint density at radius 1 is 1.60 bits per heavy atom. The average Bonchev–Trinajstić information content (AvgIpc) is 3.06. The van der Waals surface area contributed by atoms with Crippen molar-refractivity contribution in [2.24, 2.45) is 11.7 Å². The fraction of sp³-hybridized carbons (Fsp3) is 0.636. The predicted octanol–water partition coefficient (Wildman–Crippen LogP) is -1.71. The van der Waals surface area contributed by atoms with Crippen LogP contribution in [0.3, 0.4) is 0 Å². The maximum absolute atomic E-state index is 12.1. The third kappa shape index (κ3) is 2.94. The van der Waals surface area contributed by atoms with E-state index >= 15 is 0 Å². The lowest BCUT2D eigenvalue weighted by molar-refractivity contribution is -0.144. The quantitative estimate of drug-likeness (QED) is 0.659. The summed E-state index contributed by atoms with van der Waals surface area (Å²) >= 11 is 0. The molecule has 3 N–H and O–H groups in total. The molecule has 2 rings (SSSR count). The standard InChI is InChI=1S/C11H17N5O4/c1-15(9-6-20-5-8(9)11(18)19)10(17)4-16-3-7(2-12)13-14-16/h3,8-9H,2,4-6,12H2,1H3,(H,18,19). The van der Waals surface area contributed by atoms with Gasteiger partial charge in [0.1, 0.15) is 12.5 Å². The molecule has 0 spiro atoms. The van der Waals surface area contributed by atoms with Crippen LogP contribution in [-0.2, 0) is 27.4 Å². The van der Waals surface area contributed by atoms with Gasteiger partial charge in [-0.05, 0) is 0 Å². The topological polar surface area (TPSA) is 124 Å². The lowest BCUT2D eigenvalue weighted by Crippen LogP contribution is -2.45. The normalized spacial score (nSPS) is 21.9. The SMILES string of the molecule is CN(C(=O)Cn1cc(CN)nn1)C1COCC1C(=O)O. The molecule has 1 saturated heterocycles. The first-order valence-corrected chi connectivity index (χ1v) is 6.18. The van der Waals surface area contributed by atoms with Crippen LogP contribution in [0.25, 0.3) is 0 Å². The van der Waals surface area contributed by atoms with Gasteiger partial charge in [0.25, 0.3) is 0 Å². The third-order valence-corrected chi connectivity index (χ3v) is 3.35. The number of aromatic nitrogens is 3. The number of rotatable bonds is 5. The van der Waals surface area contributed by atoms with Gasteiger partial charge in [-0.1, -0.05) is 5.21 Å². The highest BCUT2D eigenvalue weighted by Gasteiger charge is 2.38. The van der Waals surface area contributed by atoms with Crippen molar-refractivity contribution >= 4 is 11.9 Å². The highest BCUT2D eigenvalue weighted by atomic mass is 16.5. The molecule has 20 heavy (non-hydrogen) atoms. The molecule has 0 aromatic carbocycles. The monoisotopic (exact) mass is 283 g/mol. The second-order valence-electron chi connectivity index (χ2n) is 4.67. The van der Waals surface area contributed by atoms with Crippen molar-refractivity contribution in [1.82, 2.24) is 19.9 Å². The van der Waals surface area contributed by atoms with Crippen molar-refractivity contribution in [2.45, 2.75) is 19.1 Å². The van der Waals surface area contributed by atoms with Crippen LogP contribution in [0.15, 0.2) is 6.20 Å². The number of carbonyl (C=O) groups is 2. The molecule has 0 bridgehead atoms. The van der Waals surface area contributed by atoms with Crippen LogP contribution < -0.4 is 5.73 Å². The van der Waals surface area contributed by atoms with E-state index in [2.05, 4.69) is 10.3 Å². The van der Waals surface area contributed by atoms with E-state index in [4.69, 9.17) is 15.6 Å². The lowest BCUT2D eigenvalue weighted by atomic mass is 10.0. The van der Waals surface area contributed by atoms with Gasteiger partial charge in [-0.3, -0.25) is 9.59 Å². The van der Waals surface area contributed by atoms with E-state index in [0.29, 0.717) is 5.69 Å². The summed E-state index contributed by atoms with van der Waals surface area (Å²) in [5, 5.41) is 16.6. The van der Waals surface area contributed by atoms with Gasteiger partial charge in [0.15, 0.2) is 0 Å². The first kappa shape index (κ1) is 14.4. The first-order chi connectivity index (χ1) is 9.52. The number of amides is 1. The van der Waals surface area contributed by atoms with Gasteiger partial charge in [-0.25, -0.2) is 4.68 Å². The zero-order valence-corrected chi connectivity index (χ0v) is 11.1. The highest BCUT2D eigenvalue weighted by molar-refractivity contribution is 5.78. The minimum Gasteiger partial charge on any atom is -0.481 e. The molecular formula is C11H17N5O4. The first-order valence-electron chi connectivity index (χ1n) is 6.18. The second kappa shape index (κ2) is 5.97. The minimum atomic E-state index is -0.960. The van der Waals surface area contributed by atoms with Gasteiger partial charge < -0.3 is 20.5 Å². The molecule has 0 saturated carbocycles. The summed E-state index contributed by atoms with van der Waals surface area (Å²) in [5.41, 5.74) is 6.00. The Morgan fingerprint density at radius 2 is 2.35 bits per heavy atom. The molecule has 1 aromatic heterocycles. The lowest BCUT2D eigenvalue weighted by Gasteiger charge is -2.26. The predicted molar refractivity (Wildman–Crippen MR) is 66.4 cm³/mol. The molecule has 2 unspecified atom stereocenters. The molecule has 1 fully saturated rings. The summed E-state index contributed by atoms with van der Waals surface area (Å²) in [6.45, 7) is 0.594. The van der Waals surface area contributed by atoms with Crippen LogP contribution in [0.4, 0.5) is 0 Å². The van der Waals surface area contributed by atoms with Crippen LogP contribution in [0.2, 0.25) is 0 Å². The average molecular weight is 283 g/mol. The molecule has 0 radical (unpaired) electrons. The van der Waals surface area contributed by atoms with Crippen LogP contribution in [0.1, 0.15) is 5.69 Å². The van der Waals surface area contributed by atoms with Crippen LogP contribution in [-0.4, -0.2) is 63.2 Å². The van der Waals surface area contributed by atoms with Crippen LogP contribution in [0.5, 0.6) is 0 Å². The van der Waals surface area contributed by atoms with E-state index in [1.54, 1.807) is 13.2 Å². The van der Waals surface area contributed by atoms with E-state index in [0.717, 1.165) is 0 Å². The fourth-order valence-electron chi connectivity index (χ4n) is 2.10. The zero-order chi connectivity index (χ0) is 14.7. The molecule has 9 nitrogen and oxygen atoms in total. The number of aliphatic carboxylic acids is 1. The Morgan fingerprint density at radius 3 is 2.95 bits per heavy atom. The summed E-state index contributed by atoms with van der Waals surface area (Å²) in [6.07, 6.45) is 1.59. The van der Waals surface area contributed by atoms with Crippen molar-refractivity contribution in [2.75, 3.05) is 20.3 Å². The van der Waals surface area contributed by atoms with Gasteiger partial charge in [0.05, 0.1) is 31.1 Å². The number of nitrogens with zero attached hydrogens (tertiary/aromatic N) is 4. The molecule has 0 aliphatic carbocycles. The summed E-state index contributed by atoms with van der Waals surface area (Å²) in [6, 6.07) is -0.461. The van der Waals surface area contributed by atoms with Crippen molar-refractivity contribution in [3.05, 3.63) is 11.9 Å². The van der Waals surface area contributed by atoms with Gasteiger partial charge in [0.2, 0.25) is 5.91 Å². The van der Waals surface area contributed by atoms with E-state index in [9.17, 15) is 9.59 Å². The third-order valence-electron chi connectivity index (χ3n) is 3.35. The Bertz CT molecular complexity index is 503. The molecule has 1 aliphatic heterocycles. The van der Waals surface area contributed by atoms with Gasteiger partial charge in [-0.15, -0.1) is 5.10 Å². The van der Waals surface area contributed by atoms with E-state index in [1.807, 2.05) is 0 Å². The molecule has 2 heterocycles. The van der Waals surface area contributed by atoms with Crippen molar-refractivity contribution in [1.29, 1.82) is 0 Å². The number of carbonyl (C=O) groups excluding carboxylic acids is 1. The Kier molecular flexibility index (Phi) is 4.30. The Hall–Kier alpha value is -2.00. The molecular weight excluding hydrogens is 266 g/mol. The second-order valence-corrected chi connectivity index (χ2v) is 4.67. The summed E-state index contributed by atoms with van der Waals surface area (Å²) in [4.78, 5) is 24.6. The molecule has 1 aliphatic rings. The number of likely N-dealkylation sites (N-methyl/N-ethyl adjacent to an activating group) is 1. The van der Waals surface area contributed by atoms with E-state index in [-0.39, 0.29) is 32.2 Å². The Balaban J connectivity index is 1.99. The molecule has 9 heteroatoms. The number of nitrogens with two attached hydrogens (primary N) is 1. The van der Waals surface area contributed by atoms with Crippen LogP contribution in [0, 0.1) is 5.92 Å². The molecule has 110 valence electrons. The maximum Gasteiger partial charge on any atom is 0.311 e. The van der Waals surface area contributed by atoms with Gasteiger partial charge in [-0.2, -0.15) is 0 Å². The molecule has 2 atom stereocenters. The number of ether oxygens (including phenoxy) is 1. The van der Waals surface area contributed by atoms with Crippen molar-refractivity contribution in [3.63, 3.8) is 0 Å². The number of hydrogen-bond donors (Lipinski definition) is 2. The van der Waals surface area contributed by atoms with Crippen molar-refractivity contribution in [3.8, 4) is 0 Å². The zero-order valence-electron chi connectivity index (χ0n) is 11.1. The summed E-state index contributed by atoms with van der Waals surface area (Å²) in [7, 11) is 1.57. The molecule has 1 aromatic rings. The maximum atomic E-state index is 12.1. The number of carboxylic acids is 1. The summed E-state index contributed by atoms with van der Waals surface area (Å²) < 4.78 is 6.53. The van der Waals surface area contributed by atoms with Crippen LogP contribution >= 0.6 is 0 Å². The number of hydrogen-bond acceptors (Lipinski definition) is 6. The smallest absolute Gasteiger partial charge is 0.311 e. The highest BCUT2D eigenvalue weighted by Crippen LogP contribution is 2.19. The Labute approximate surface area is 115 Å². The molecule has 1 amide bonds. The fourth-order valence-corrected chi connectivity index (χ4v) is 2.10. The minimum absolute atomic E-state index is 0.00760. The van der Waals surface area contributed by atoms with Gasteiger partial charge in [0, 0.05) is 13.6 Å².